The van der Waals surface area contributed by atoms with Gasteiger partial charge in [-0.2, -0.15) is 0 Å². The molecule has 0 unspecified atom stereocenters. The zero-order valence-electron chi connectivity index (χ0n) is 13.7. The van der Waals surface area contributed by atoms with Crippen molar-refractivity contribution in [2.24, 2.45) is 0 Å². The van der Waals surface area contributed by atoms with Crippen LogP contribution >= 0.6 is 11.8 Å². The lowest BCUT2D eigenvalue weighted by molar-refractivity contribution is -0.119. The zero-order valence-corrected chi connectivity index (χ0v) is 14.5. The number of H-pyrrole nitrogens is 1. The summed E-state index contributed by atoms with van der Waals surface area (Å²) in [5, 5.41) is 3.83. The van der Waals surface area contributed by atoms with Gasteiger partial charge in [0, 0.05) is 6.04 Å². The van der Waals surface area contributed by atoms with Gasteiger partial charge in [-0.25, -0.2) is 4.98 Å². The lowest BCUT2D eigenvalue weighted by Gasteiger charge is -2.13. The topological polar surface area (TPSA) is 57.8 Å². The fourth-order valence-corrected chi connectivity index (χ4v) is 3.24. The Hall–Kier alpha value is -2.27. The molecule has 3 aromatic rings. The number of hydrogen-bond acceptors (Lipinski definition) is 3. The average Bonchev–Trinajstić information content (AvgIpc) is 3.02. The van der Waals surface area contributed by atoms with E-state index in [2.05, 4.69) is 27.4 Å². The molecule has 0 saturated carbocycles. The predicted octanol–water partition coefficient (Wildman–Crippen LogP) is 3.79. The second-order valence-corrected chi connectivity index (χ2v) is 6.80. The Kier molecular flexibility index (Phi) is 5.54. The Morgan fingerprint density at radius 3 is 2.71 bits per heavy atom. The van der Waals surface area contributed by atoms with Crippen LogP contribution in [0.3, 0.4) is 0 Å². The standard InChI is InChI=1S/C19H21N3OS/c1-14(11-12-15-7-3-2-4-8-15)20-18(23)13-24-19-21-16-9-5-6-10-17(16)22-19/h2-10,14H,11-13H2,1H3,(H,20,23)(H,21,22)/t14-/m1/s1. The summed E-state index contributed by atoms with van der Waals surface area (Å²) in [6.45, 7) is 2.05. The van der Waals surface area contributed by atoms with E-state index in [1.807, 2.05) is 49.4 Å². The molecule has 124 valence electrons. The lowest BCUT2D eigenvalue weighted by Crippen LogP contribution is -2.34. The normalized spacial score (nSPS) is 12.2. The number of nitrogens with zero attached hydrogens (tertiary/aromatic N) is 1. The molecule has 4 nitrogen and oxygen atoms in total. The van der Waals surface area contributed by atoms with Crippen LogP contribution in [0.2, 0.25) is 0 Å². The average molecular weight is 339 g/mol. The molecule has 1 amide bonds. The van der Waals surface area contributed by atoms with Gasteiger partial charge in [-0.1, -0.05) is 54.2 Å². The Morgan fingerprint density at radius 1 is 1.17 bits per heavy atom. The molecule has 1 atom stereocenters. The first-order valence-corrected chi connectivity index (χ1v) is 9.10. The quantitative estimate of drug-likeness (QED) is 0.644. The number of para-hydroxylation sites is 2. The first-order valence-electron chi connectivity index (χ1n) is 8.11. The molecule has 0 fully saturated rings. The van der Waals surface area contributed by atoms with Crippen molar-refractivity contribution in [1.82, 2.24) is 15.3 Å². The van der Waals surface area contributed by atoms with Crippen molar-refractivity contribution in [3.05, 3.63) is 60.2 Å². The highest BCUT2D eigenvalue weighted by Crippen LogP contribution is 2.18. The van der Waals surface area contributed by atoms with Gasteiger partial charge in [0.2, 0.25) is 5.91 Å². The summed E-state index contributed by atoms with van der Waals surface area (Å²) in [7, 11) is 0. The maximum atomic E-state index is 12.1. The van der Waals surface area contributed by atoms with Crippen molar-refractivity contribution in [1.29, 1.82) is 0 Å². The Morgan fingerprint density at radius 2 is 1.92 bits per heavy atom. The molecule has 2 N–H and O–H groups in total. The smallest absolute Gasteiger partial charge is 0.230 e. The van der Waals surface area contributed by atoms with Crippen LogP contribution in [0.5, 0.6) is 0 Å². The number of thioether (sulfide) groups is 1. The summed E-state index contributed by atoms with van der Waals surface area (Å²) in [4.78, 5) is 19.8. The van der Waals surface area contributed by atoms with Crippen LogP contribution in [0, 0.1) is 0 Å². The molecule has 0 spiro atoms. The second kappa shape index (κ2) is 8.02. The first-order chi connectivity index (χ1) is 11.7. The van der Waals surface area contributed by atoms with Crippen LogP contribution in [-0.4, -0.2) is 27.7 Å². The largest absolute Gasteiger partial charge is 0.353 e. The highest BCUT2D eigenvalue weighted by atomic mass is 32.2. The highest BCUT2D eigenvalue weighted by molar-refractivity contribution is 7.99. The van der Waals surface area contributed by atoms with Gasteiger partial charge < -0.3 is 10.3 Å². The third kappa shape index (κ3) is 4.61. The molecule has 1 aromatic heterocycles. The van der Waals surface area contributed by atoms with E-state index in [0.717, 1.165) is 29.0 Å². The summed E-state index contributed by atoms with van der Waals surface area (Å²) in [5.74, 6) is 0.413. The van der Waals surface area contributed by atoms with Crippen LogP contribution < -0.4 is 5.32 Å². The monoisotopic (exact) mass is 339 g/mol. The number of benzene rings is 2. The maximum Gasteiger partial charge on any atom is 0.230 e. The summed E-state index contributed by atoms with van der Waals surface area (Å²) in [5.41, 5.74) is 3.23. The van der Waals surface area contributed by atoms with Crippen LogP contribution in [0.15, 0.2) is 59.8 Å². The first kappa shape index (κ1) is 16.6. The van der Waals surface area contributed by atoms with E-state index in [9.17, 15) is 4.79 Å². The molecule has 0 radical (unpaired) electrons. The minimum absolute atomic E-state index is 0.0426. The number of aromatic amines is 1. The number of aryl methyl sites for hydroxylation is 1. The van der Waals surface area contributed by atoms with Crippen molar-refractivity contribution >= 4 is 28.7 Å². The van der Waals surface area contributed by atoms with Crippen LogP contribution in [0.1, 0.15) is 18.9 Å². The summed E-state index contributed by atoms with van der Waals surface area (Å²) >= 11 is 1.43. The van der Waals surface area contributed by atoms with Gasteiger partial charge in [0.15, 0.2) is 5.16 Å². The van der Waals surface area contributed by atoms with Crippen molar-refractivity contribution in [3.8, 4) is 0 Å². The molecule has 1 heterocycles. The summed E-state index contributed by atoms with van der Waals surface area (Å²) < 4.78 is 0. The number of imidazole rings is 1. The molecular formula is C19H21N3OS. The van der Waals surface area contributed by atoms with Crippen molar-refractivity contribution in [2.45, 2.75) is 31.0 Å². The Labute approximate surface area is 146 Å². The van der Waals surface area contributed by atoms with Crippen LogP contribution in [-0.2, 0) is 11.2 Å². The van der Waals surface area contributed by atoms with E-state index in [-0.39, 0.29) is 11.9 Å². The zero-order chi connectivity index (χ0) is 16.8. The highest BCUT2D eigenvalue weighted by Gasteiger charge is 2.10. The van der Waals surface area contributed by atoms with Crippen molar-refractivity contribution in [3.63, 3.8) is 0 Å². The number of carbonyl (C=O) groups is 1. The molecule has 3 rings (SSSR count). The van der Waals surface area contributed by atoms with Gasteiger partial charge >= 0.3 is 0 Å². The van der Waals surface area contributed by atoms with Gasteiger partial charge in [0.25, 0.3) is 0 Å². The number of nitrogens with one attached hydrogen (secondary N) is 2. The summed E-state index contributed by atoms with van der Waals surface area (Å²) in [6.07, 6.45) is 1.91. The molecule has 0 saturated heterocycles. The Bertz CT molecular complexity index is 767. The van der Waals surface area contributed by atoms with Crippen LogP contribution in [0.25, 0.3) is 11.0 Å². The maximum absolute atomic E-state index is 12.1. The number of fused-ring (bicyclic) bond motifs is 1. The number of rotatable bonds is 7. The molecule has 5 heteroatoms. The van der Waals surface area contributed by atoms with Gasteiger partial charge in [0.1, 0.15) is 0 Å². The van der Waals surface area contributed by atoms with E-state index in [1.165, 1.54) is 17.3 Å². The van der Waals surface area contributed by atoms with Gasteiger partial charge in [-0.15, -0.1) is 0 Å². The van der Waals surface area contributed by atoms with E-state index >= 15 is 0 Å². The minimum atomic E-state index is 0.0426. The van der Waals surface area contributed by atoms with Gasteiger partial charge in [-0.05, 0) is 37.5 Å². The van der Waals surface area contributed by atoms with Gasteiger partial charge in [0.05, 0.1) is 16.8 Å². The summed E-state index contributed by atoms with van der Waals surface area (Å²) in [6, 6.07) is 18.4. The van der Waals surface area contributed by atoms with Crippen LogP contribution in [0.4, 0.5) is 0 Å². The number of aromatic nitrogens is 2. The number of carbonyl (C=O) groups excluding carboxylic acids is 1. The van der Waals surface area contributed by atoms with E-state index in [1.54, 1.807) is 0 Å². The second-order valence-electron chi connectivity index (χ2n) is 5.84. The molecule has 0 aliphatic rings. The SMILES string of the molecule is C[C@H](CCc1ccccc1)NC(=O)CSc1nc2ccccc2[nH]1. The predicted molar refractivity (Wildman–Crippen MR) is 99.2 cm³/mol. The molecule has 2 aromatic carbocycles. The molecular weight excluding hydrogens is 318 g/mol. The lowest BCUT2D eigenvalue weighted by atomic mass is 10.1. The van der Waals surface area contributed by atoms with E-state index < -0.39 is 0 Å². The molecule has 0 aliphatic heterocycles. The van der Waals surface area contributed by atoms with E-state index in [0.29, 0.717) is 5.75 Å². The van der Waals surface area contributed by atoms with Crippen molar-refractivity contribution in [2.75, 3.05) is 5.75 Å². The van der Waals surface area contributed by atoms with Gasteiger partial charge in [-0.3, -0.25) is 4.79 Å². The Balaban J connectivity index is 1.43. The minimum Gasteiger partial charge on any atom is -0.353 e. The fourth-order valence-electron chi connectivity index (χ4n) is 2.55. The third-order valence-electron chi connectivity index (χ3n) is 3.82. The number of amides is 1. The van der Waals surface area contributed by atoms with E-state index in [4.69, 9.17) is 0 Å². The number of hydrogen-bond donors (Lipinski definition) is 2. The fraction of sp³-hybridized carbons (Fsp3) is 0.263. The third-order valence-corrected chi connectivity index (χ3v) is 4.70. The molecule has 24 heavy (non-hydrogen) atoms. The van der Waals surface area contributed by atoms with Crippen molar-refractivity contribution < 1.29 is 4.79 Å². The molecule has 0 bridgehead atoms. The molecule has 0 aliphatic carbocycles.